The highest BCUT2D eigenvalue weighted by Gasteiger charge is 2.11. The molecule has 0 saturated heterocycles. The molecular formula is C20H25N3O2. The number of nitrogens with one attached hydrogen (secondary N) is 1. The predicted molar refractivity (Wildman–Crippen MR) is 102 cm³/mol. The molecule has 3 N–H and O–H groups in total. The average molecular weight is 339 g/mol. The summed E-state index contributed by atoms with van der Waals surface area (Å²) in [7, 11) is 0. The summed E-state index contributed by atoms with van der Waals surface area (Å²) in [5.74, 6) is 0.658. The molecule has 25 heavy (non-hydrogen) atoms. The summed E-state index contributed by atoms with van der Waals surface area (Å²) in [6, 6.07) is 10.8. The third-order valence-corrected chi connectivity index (χ3v) is 3.58. The number of benzene rings is 1. The molecule has 0 saturated carbocycles. The highest BCUT2D eigenvalue weighted by Crippen LogP contribution is 2.19. The van der Waals surface area contributed by atoms with E-state index in [1.54, 1.807) is 18.2 Å². The van der Waals surface area contributed by atoms with Crippen LogP contribution in [0, 0.1) is 6.92 Å². The first kappa shape index (κ1) is 18.5. The molecule has 132 valence electrons. The molecule has 0 aliphatic heterocycles. The lowest BCUT2D eigenvalue weighted by atomic mass is 10.2. The number of carbonyl (C=O) groups is 1. The minimum absolute atomic E-state index is 0.226. The van der Waals surface area contributed by atoms with Crippen LogP contribution in [0.2, 0.25) is 0 Å². The zero-order chi connectivity index (χ0) is 18.1. The van der Waals surface area contributed by atoms with Crippen LogP contribution in [0.1, 0.15) is 42.2 Å². The summed E-state index contributed by atoms with van der Waals surface area (Å²) < 4.78 is 5.71. The van der Waals surface area contributed by atoms with E-state index in [4.69, 9.17) is 10.5 Å². The minimum Gasteiger partial charge on any atom is -0.493 e. The van der Waals surface area contributed by atoms with Gasteiger partial charge in [0, 0.05) is 17.4 Å². The highest BCUT2D eigenvalue weighted by molar-refractivity contribution is 6.07. The van der Waals surface area contributed by atoms with Gasteiger partial charge in [-0.3, -0.25) is 4.79 Å². The molecule has 0 fully saturated rings. The van der Waals surface area contributed by atoms with Crippen molar-refractivity contribution in [3.8, 4) is 5.75 Å². The zero-order valence-corrected chi connectivity index (χ0v) is 14.8. The molecule has 1 heterocycles. The molecule has 1 aromatic heterocycles. The van der Waals surface area contributed by atoms with Gasteiger partial charge < -0.3 is 15.8 Å². The summed E-state index contributed by atoms with van der Waals surface area (Å²) in [4.78, 5) is 16.4. The number of unbranched alkanes of at least 4 members (excludes halogenated alkanes) is 1. The van der Waals surface area contributed by atoms with Gasteiger partial charge in [-0.25, -0.2) is 4.98 Å². The maximum atomic E-state index is 12.3. The molecule has 0 radical (unpaired) electrons. The van der Waals surface area contributed by atoms with E-state index < -0.39 is 0 Å². The normalized spacial score (nSPS) is 10.8. The molecule has 1 amide bonds. The van der Waals surface area contributed by atoms with Gasteiger partial charge in [-0.15, -0.1) is 0 Å². The molecule has 0 unspecified atom stereocenters. The van der Waals surface area contributed by atoms with Crippen molar-refractivity contribution in [2.75, 3.05) is 17.7 Å². The van der Waals surface area contributed by atoms with E-state index in [0.717, 1.165) is 30.7 Å². The number of amides is 1. The van der Waals surface area contributed by atoms with Crippen molar-refractivity contribution in [2.24, 2.45) is 0 Å². The number of aromatic nitrogens is 1. The summed E-state index contributed by atoms with van der Waals surface area (Å²) in [6.07, 6.45) is 7.41. The number of rotatable bonds is 8. The Morgan fingerprint density at radius 1 is 1.24 bits per heavy atom. The third-order valence-electron chi connectivity index (χ3n) is 3.58. The molecule has 2 aromatic rings. The van der Waals surface area contributed by atoms with Crippen molar-refractivity contribution in [2.45, 2.75) is 33.1 Å². The lowest BCUT2D eigenvalue weighted by Gasteiger charge is -2.10. The fourth-order valence-corrected chi connectivity index (χ4v) is 2.28. The first-order chi connectivity index (χ1) is 12.1. The molecular weight excluding hydrogens is 314 g/mol. The van der Waals surface area contributed by atoms with Gasteiger partial charge in [0.2, 0.25) is 0 Å². The van der Waals surface area contributed by atoms with Crippen molar-refractivity contribution >= 4 is 17.4 Å². The van der Waals surface area contributed by atoms with Crippen molar-refractivity contribution in [1.29, 1.82) is 0 Å². The number of nitrogens with zero attached hydrogens (tertiary/aromatic N) is 1. The standard InChI is InChI=1S/C20H25N3O2/c1-3-4-5-6-7-13-25-17-10-8-9-16(14-17)23-20(24)18-12-11-15(2)22-19(18)21/h5-6,8-12,14H,3-4,7,13H2,1-2H3,(H2,21,22)(H,23,24). The molecule has 0 spiro atoms. The van der Waals surface area contributed by atoms with E-state index in [-0.39, 0.29) is 11.7 Å². The fourth-order valence-electron chi connectivity index (χ4n) is 2.28. The number of nitrogen functional groups attached to an aromatic ring is 1. The predicted octanol–water partition coefficient (Wildman–Crippen LogP) is 4.35. The second-order valence-corrected chi connectivity index (χ2v) is 5.76. The van der Waals surface area contributed by atoms with Crippen LogP contribution in [-0.2, 0) is 0 Å². The van der Waals surface area contributed by atoms with Crippen molar-refractivity contribution in [3.05, 3.63) is 59.8 Å². The van der Waals surface area contributed by atoms with Gasteiger partial charge in [0.1, 0.15) is 11.6 Å². The van der Waals surface area contributed by atoms with Crippen molar-refractivity contribution in [1.82, 2.24) is 4.98 Å². The van der Waals surface area contributed by atoms with Crippen LogP contribution in [0.5, 0.6) is 5.75 Å². The highest BCUT2D eigenvalue weighted by atomic mass is 16.5. The van der Waals surface area contributed by atoms with E-state index in [2.05, 4.69) is 29.4 Å². The second-order valence-electron chi connectivity index (χ2n) is 5.76. The van der Waals surface area contributed by atoms with E-state index in [9.17, 15) is 4.79 Å². The quantitative estimate of drug-likeness (QED) is 0.554. The second kappa shape index (κ2) is 9.47. The van der Waals surface area contributed by atoms with Gasteiger partial charge >= 0.3 is 0 Å². The number of hydrogen-bond donors (Lipinski definition) is 2. The number of pyridine rings is 1. The molecule has 5 heteroatoms. The largest absolute Gasteiger partial charge is 0.493 e. The number of ether oxygens (including phenoxy) is 1. The number of nitrogens with two attached hydrogens (primary N) is 1. The number of aryl methyl sites for hydroxylation is 1. The molecule has 0 aliphatic rings. The number of anilines is 2. The Balaban J connectivity index is 1.93. The average Bonchev–Trinajstić information content (AvgIpc) is 2.58. The summed E-state index contributed by atoms with van der Waals surface area (Å²) >= 11 is 0. The summed E-state index contributed by atoms with van der Waals surface area (Å²) in [5, 5.41) is 2.82. The fraction of sp³-hybridized carbons (Fsp3) is 0.300. The monoisotopic (exact) mass is 339 g/mol. The maximum absolute atomic E-state index is 12.3. The van der Waals surface area contributed by atoms with Gasteiger partial charge in [0.15, 0.2) is 0 Å². The van der Waals surface area contributed by atoms with Crippen molar-refractivity contribution < 1.29 is 9.53 Å². The number of allylic oxidation sites excluding steroid dienone is 1. The van der Waals surface area contributed by atoms with Crippen LogP contribution in [0.3, 0.4) is 0 Å². The zero-order valence-electron chi connectivity index (χ0n) is 14.8. The molecule has 1 aromatic carbocycles. The lowest BCUT2D eigenvalue weighted by molar-refractivity contribution is 0.102. The molecule has 0 aliphatic carbocycles. The Morgan fingerprint density at radius 3 is 2.80 bits per heavy atom. The van der Waals surface area contributed by atoms with E-state index in [1.165, 1.54) is 0 Å². The number of carbonyl (C=O) groups excluding carboxylic acids is 1. The Labute approximate surface area is 148 Å². The van der Waals surface area contributed by atoms with Crippen LogP contribution >= 0.6 is 0 Å². The van der Waals surface area contributed by atoms with E-state index >= 15 is 0 Å². The minimum atomic E-state index is -0.287. The van der Waals surface area contributed by atoms with Gasteiger partial charge in [0.25, 0.3) is 5.91 Å². The van der Waals surface area contributed by atoms with E-state index in [1.807, 2.05) is 25.1 Å². The summed E-state index contributed by atoms with van der Waals surface area (Å²) in [6.45, 7) is 4.59. The van der Waals surface area contributed by atoms with Crippen LogP contribution in [0.4, 0.5) is 11.5 Å². The Morgan fingerprint density at radius 2 is 2.04 bits per heavy atom. The summed E-state index contributed by atoms with van der Waals surface area (Å²) in [5.41, 5.74) is 7.61. The Hall–Kier alpha value is -2.82. The molecule has 0 atom stereocenters. The Bertz CT molecular complexity index is 741. The topological polar surface area (TPSA) is 77.2 Å². The van der Waals surface area contributed by atoms with Crippen molar-refractivity contribution in [3.63, 3.8) is 0 Å². The van der Waals surface area contributed by atoms with Crippen LogP contribution in [0.25, 0.3) is 0 Å². The first-order valence-electron chi connectivity index (χ1n) is 8.52. The van der Waals surface area contributed by atoms with E-state index in [0.29, 0.717) is 17.9 Å². The van der Waals surface area contributed by atoms with Crippen LogP contribution < -0.4 is 15.8 Å². The number of hydrogen-bond acceptors (Lipinski definition) is 4. The molecule has 5 nitrogen and oxygen atoms in total. The third kappa shape index (κ3) is 5.95. The molecule has 0 bridgehead atoms. The smallest absolute Gasteiger partial charge is 0.259 e. The lowest BCUT2D eigenvalue weighted by Crippen LogP contribution is -2.15. The molecule has 2 rings (SSSR count). The van der Waals surface area contributed by atoms with Gasteiger partial charge in [-0.2, -0.15) is 0 Å². The Kier molecular flexibility index (Phi) is 7.01. The van der Waals surface area contributed by atoms with Crippen LogP contribution in [0.15, 0.2) is 48.6 Å². The van der Waals surface area contributed by atoms with Gasteiger partial charge in [0.05, 0.1) is 12.2 Å². The maximum Gasteiger partial charge on any atom is 0.259 e. The van der Waals surface area contributed by atoms with Crippen LogP contribution in [-0.4, -0.2) is 17.5 Å². The van der Waals surface area contributed by atoms with Gasteiger partial charge in [-0.1, -0.05) is 31.6 Å². The SMILES string of the molecule is CCCC=CCCOc1cccc(NC(=O)c2ccc(C)nc2N)c1. The van der Waals surface area contributed by atoms with Gasteiger partial charge in [-0.05, 0) is 44.0 Å². The first-order valence-corrected chi connectivity index (χ1v) is 8.52.